The van der Waals surface area contributed by atoms with Crippen LogP contribution in [0.1, 0.15) is 49.8 Å². The molecule has 138 valence electrons. The summed E-state index contributed by atoms with van der Waals surface area (Å²) in [7, 11) is 0. The minimum absolute atomic E-state index is 0.0218. The van der Waals surface area contributed by atoms with Crippen molar-refractivity contribution in [2.24, 2.45) is 4.99 Å². The van der Waals surface area contributed by atoms with Crippen molar-refractivity contribution in [3.63, 3.8) is 0 Å². The van der Waals surface area contributed by atoms with E-state index in [1.54, 1.807) is 0 Å². The molecule has 0 saturated heterocycles. The van der Waals surface area contributed by atoms with E-state index in [2.05, 4.69) is 39.8 Å². The molecule has 3 aliphatic heterocycles. The molecular weight excluding hydrogens is 340 g/mol. The molecule has 0 bridgehead atoms. The zero-order chi connectivity index (χ0) is 18.9. The maximum Gasteiger partial charge on any atom is 0.278 e. The number of anilines is 1. The molecule has 0 N–H and O–H groups in total. The first kappa shape index (κ1) is 16.4. The van der Waals surface area contributed by atoms with Crippen LogP contribution in [0.4, 0.5) is 11.4 Å². The molecular formula is C22H22N2O3. The van der Waals surface area contributed by atoms with Gasteiger partial charge in [-0.05, 0) is 56.9 Å². The smallest absolute Gasteiger partial charge is 0.278 e. The molecule has 0 aromatic heterocycles. The minimum Gasteiger partial charge on any atom is -0.454 e. The average molecular weight is 362 g/mol. The Morgan fingerprint density at radius 3 is 2.74 bits per heavy atom. The number of rotatable bonds is 1. The Bertz CT molecular complexity index is 1020. The lowest BCUT2D eigenvalue weighted by molar-refractivity contribution is -0.113. The Balaban J connectivity index is 1.70. The third kappa shape index (κ3) is 2.30. The van der Waals surface area contributed by atoms with Gasteiger partial charge >= 0.3 is 0 Å². The highest BCUT2D eigenvalue weighted by molar-refractivity contribution is 6.55. The number of benzene rings is 2. The molecule has 3 aliphatic rings. The number of carbonyl (C=O) groups is 1. The van der Waals surface area contributed by atoms with Crippen molar-refractivity contribution >= 4 is 23.0 Å². The van der Waals surface area contributed by atoms with Crippen LogP contribution in [0.3, 0.4) is 0 Å². The maximum absolute atomic E-state index is 13.4. The second-order valence-electron chi connectivity index (χ2n) is 8.31. The number of hydrogen-bond acceptors (Lipinski definition) is 4. The van der Waals surface area contributed by atoms with Crippen molar-refractivity contribution in [3.8, 4) is 11.5 Å². The van der Waals surface area contributed by atoms with Crippen LogP contribution >= 0.6 is 0 Å². The molecule has 0 saturated carbocycles. The summed E-state index contributed by atoms with van der Waals surface area (Å²) in [5.74, 6) is 1.77. The molecule has 5 rings (SSSR count). The summed E-state index contributed by atoms with van der Waals surface area (Å²) in [6.45, 7) is 8.81. The number of nitrogens with zero attached hydrogens (tertiary/aromatic N) is 2. The zero-order valence-electron chi connectivity index (χ0n) is 16.0. The van der Waals surface area contributed by atoms with Gasteiger partial charge < -0.3 is 14.4 Å². The van der Waals surface area contributed by atoms with Gasteiger partial charge in [0.25, 0.3) is 5.91 Å². The number of aryl methyl sites for hydroxylation is 1. The number of ether oxygens (including phenoxy) is 2. The van der Waals surface area contributed by atoms with Gasteiger partial charge in [0.1, 0.15) is 5.71 Å². The first-order valence-electron chi connectivity index (χ1n) is 9.33. The fraction of sp³-hybridized carbons (Fsp3) is 0.364. The lowest BCUT2D eigenvalue weighted by atomic mass is 9.80. The van der Waals surface area contributed by atoms with Crippen molar-refractivity contribution in [2.45, 2.75) is 45.6 Å². The van der Waals surface area contributed by atoms with Gasteiger partial charge in [-0.2, -0.15) is 0 Å². The summed E-state index contributed by atoms with van der Waals surface area (Å²) >= 11 is 0. The summed E-state index contributed by atoms with van der Waals surface area (Å²) in [5.41, 5.74) is 5.34. The van der Waals surface area contributed by atoms with Gasteiger partial charge in [0.05, 0.1) is 11.4 Å². The van der Waals surface area contributed by atoms with Gasteiger partial charge in [-0.1, -0.05) is 18.6 Å². The van der Waals surface area contributed by atoms with E-state index < -0.39 is 0 Å². The lowest BCUT2D eigenvalue weighted by Crippen LogP contribution is -2.50. The van der Waals surface area contributed by atoms with Gasteiger partial charge in [-0.25, -0.2) is 4.99 Å². The summed E-state index contributed by atoms with van der Waals surface area (Å²) in [6, 6.07) is 9.82. The molecule has 0 unspecified atom stereocenters. The second kappa shape index (κ2) is 5.35. The number of aliphatic imine (C=N–C) groups is 1. The molecule has 5 nitrogen and oxygen atoms in total. The standard InChI is InChI=1S/C22H22N2O3/c1-12-7-15-13(2)10-22(3,4)24-20(15)16(8-12)19(21(24)25)23-14-5-6-17-18(9-14)27-11-26-17/h5-9,13H,10-11H2,1-4H3/t13-/m1/s1. The van der Waals surface area contributed by atoms with Crippen molar-refractivity contribution in [1.82, 2.24) is 0 Å². The van der Waals surface area contributed by atoms with E-state index >= 15 is 0 Å². The molecule has 0 aliphatic carbocycles. The minimum atomic E-state index is -0.236. The van der Waals surface area contributed by atoms with Crippen LogP contribution in [0, 0.1) is 6.92 Å². The highest BCUT2D eigenvalue weighted by atomic mass is 16.7. The normalized spacial score (nSPS) is 23.1. The van der Waals surface area contributed by atoms with E-state index in [9.17, 15) is 4.79 Å². The molecule has 0 radical (unpaired) electrons. The predicted molar refractivity (Wildman–Crippen MR) is 105 cm³/mol. The van der Waals surface area contributed by atoms with E-state index in [-0.39, 0.29) is 18.2 Å². The first-order chi connectivity index (χ1) is 12.8. The largest absolute Gasteiger partial charge is 0.454 e. The average Bonchev–Trinajstić information content (AvgIpc) is 3.16. The van der Waals surface area contributed by atoms with Crippen molar-refractivity contribution < 1.29 is 14.3 Å². The highest BCUT2D eigenvalue weighted by Gasteiger charge is 2.48. The zero-order valence-corrected chi connectivity index (χ0v) is 16.0. The maximum atomic E-state index is 13.4. The van der Waals surface area contributed by atoms with Crippen LogP contribution in [-0.2, 0) is 4.79 Å². The number of fused-ring (bicyclic) bond motifs is 1. The van der Waals surface area contributed by atoms with Gasteiger partial charge in [-0.15, -0.1) is 0 Å². The number of amides is 1. The fourth-order valence-electron chi connectivity index (χ4n) is 4.66. The summed E-state index contributed by atoms with van der Waals surface area (Å²) in [4.78, 5) is 20.1. The summed E-state index contributed by atoms with van der Waals surface area (Å²) < 4.78 is 10.8. The third-order valence-electron chi connectivity index (χ3n) is 5.71. The monoisotopic (exact) mass is 362 g/mol. The topological polar surface area (TPSA) is 51.1 Å². The second-order valence-corrected chi connectivity index (χ2v) is 8.31. The van der Waals surface area contributed by atoms with Crippen LogP contribution in [0.25, 0.3) is 0 Å². The third-order valence-corrected chi connectivity index (χ3v) is 5.71. The molecule has 2 aromatic rings. The molecule has 1 atom stereocenters. The molecule has 0 spiro atoms. The van der Waals surface area contributed by atoms with Gasteiger partial charge in [-0.3, -0.25) is 4.79 Å². The van der Waals surface area contributed by atoms with Crippen molar-refractivity contribution in [1.29, 1.82) is 0 Å². The van der Waals surface area contributed by atoms with Gasteiger partial charge in [0, 0.05) is 17.2 Å². The van der Waals surface area contributed by atoms with Crippen LogP contribution in [0.2, 0.25) is 0 Å². The van der Waals surface area contributed by atoms with E-state index in [0.29, 0.717) is 28.8 Å². The fourth-order valence-corrected chi connectivity index (χ4v) is 4.66. The van der Waals surface area contributed by atoms with Crippen LogP contribution in [-0.4, -0.2) is 24.0 Å². The first-order valence-corrected chi connectivity index (χ1v) is 9.33. The Morgan fingerprint density at radius 2 is 1.93 bits per heavy atom. The molecule has 3 heterocycles. The van der Waals surface area contributed by atoms with Crippen LogP contribution < -0.4 is 14.4 Å². The Morgan fingerprint density at radius 1 is 1.15 bits per heavy atom. The molecule has 2 aromatic carbocycles. The Kier molecular flexibility index (Phi) is 3.24. The van der Waals surface area contributed by atoms with Gasteiger partial charge in [0.2, 0.25) is 6.79 Å². The number of carbonyl (C=O) groups excluding carboxylic acids is 1. The van der Waals surface area contributed by atoms with E-state index in [1.165, 1.54) is 5.56 Å². The van der Waals surface area contributed by atoms with Crippen molar-refractivity contribution in [2.75, 3.05) is 11.7 Å². The van der Waals surface area contributed by atoms with Crippen molar-refractivity contribution in [3.05, 3.63) is 47.0 Å². The Labute approximate surface area is 158 Å². The molecule has 1 amide bonds. The van der Waals surface area contributed by atoms with Crippen LogP contribution in [0.15, 0.2) is 35.3 Å². The summed E-state index contributed by atoms with van der Waals surface area (Å²) in [6.07, 6.45) is 0.936. The SMILES string of the molecule is Cc1cc2c3c(c1)[C@H](C)CC(C)(C)N3C(=O)C2=Nc1ccc2c(c1)OCO2. The van der Waals surface area contributed by atoms with E-state index in [1.807, 2.05) is 23.1 Å². The van der Waals surface area contributed by atoms with E-state index in [4.69, 9.17) is 14.5 Å². The quantitative estimate of drug-likeness (QED) is 0.752. The Hall–Kier alpha value is -2.82. The lowest BCUT2D eigenvalue weighted by Gasteiger charge is -2.43. The predicted octanol–water partition coefficient (Wildman–Crippen LogP) is 4.48. The number of hydrogen-bond donors (Lipinski definition) is 0. The van der Waals surface area contributed by atoms with Gasteiger partial charge in [0.15, 0.2) is 11.5 Å². The molecule has 27 heavy (non-hydrogen) atoms. The van der Waals surface area contributed by atoms with Crippen LogP contribution in [0.5, 0.6) is 11.5 Å². The van der Waals surface area contributed by atoms with E-state index in [0.717, 1.165) is 23.2 Å². The summed E-state index contributed by atoms with van der Waals surface area (Å²) in [5, 5.41) is 0. The molecule has 5 heteroatoms. The highest BCUT2D eigenvalue weighted by Crippen LogP contribution is 2.49. The molecule has 0 fully saturated rings.